The number of amides is 1. The number of rotatable bonds is 4. The Morgan fingerprint density at radius 1 is 1.21 bits per heavy atom. The highest BCUT2D eigenvalue weighted by molar-refractivity contribution is 7.13. The Balaban J connectivity index is 1.31. The zero-order valence-electron chi connectivity index (χ0n) is 14.0. The van der Waals surface area contributed by atoms with Crippen LogP contribution in [0.4, 0.5) is 0 Å². The Bertz CT molecular complexity index is 706. The molecule has 24 heavy (non-hydrogen) atoms. The number of carbonyl (C=O) groups is 1. The van der Waals surface area contributed by atoms with Gasteiger partial charge in [0.15, 0.2) is 0 Å². The maximum absolute atomic E-state index is 12.3. The third-order valence-electron chi connectivity index (χ3n) is 5.07. The van der Waals surface area contributed by atoms with Crippen molar-refractivity contribution >= 4 is 17.2 Å². The highest BCUT2D eigenvalue weighted by Crippen LogP contribution is 2.39. The monoisotopic (exact) mass is 341 g/mol. The average molecular weight is 341 g/mol. The molecule has 0 N–H and O–H groups in total. The molecule has 2 heterocycles. The molecule has 2 aromatic rings. The number of nitrogens with zero attached hydrogens (tertiary/aromatic N) is 3. The number of piperazine rings is 1. The number of benzene rings is 1. The summed E-state index contributed by atoms with van der Waals surface area (Å²) in [5, 5.41) is 3.24. The molecular weight excluding hydrogens is 318 g/mol. The van der Waals surface area contributed by atoms with E-state index in [0.29, 0.717) is 17.7 Å². The Morgan fingerprint density at radius 3 is 2.58 bits per heavy atom. The molecule has 2 fully saturated rings. The van der Waals surface area contributed by atoms with Crippen LogP contribution in [0.2, 0.25) is 0 Å². The molecule has 0 bridgehead atoms. The molecule has 5 heteroatoms. The van der Waals surface area contributed by atoms with Crippen LogP contribution in [0.5, 0.6) is 0 Å². The van der Waals surface area contributed by atoms with Crippen molar-refractivity contribution in [2.24, 2.45) is 11.8 Å². The minimum atomic E-state index is 0.309. The van der Waals surface area contributed by atoms with Gasteiger partial charge in [0.05, 0.1) is 5.69 Å². The van der Waals surface area contributed by atoms with Crippen molar-refractivity contribution in [1.29, 1.82) is 0 Å². The lowest BCUT2D eigenvalue weighted by Gasteiger charge is -2.34. The van der Waals surface area contributed by atoms with E-state index in [-0.39, 0.29) is 0 Å². The first kappa shape index (κ1) is 15.8. The molecule has 1 saturated carbocycles. The third kappa shape index (κ3) is 3.37. The normalized spacial score (nSPS) is 24.1. The lowest BCUT2D eigenvalue weighted by Crippen LogP contribution is -2.48. The van der Waals surface area contributed by atoms with E-state index in [1.807, 2.05) is 18.2 Å². The van der Waals surface area contributed by atoms with Gasteiger partial charge in [0, 0.05) is 49.6 Å². The zero-order chi connectivity index (χ0) is 16.5. The van der Waals surface area contributed by atoms with Crippen molar-refractivity contribution in [3.63, 3.8) is 0 Å². The van der Waals surface area contributed by atoms with Crippen LogP contribution in [-0.4, -0.2) is 46.9 Å². The summed E-state index contributed by atoms with van der Waals surface area (Å²) < 4.78 is 0. The van der Waals surface area contributed by atoms with E-state index in [1.165, 1.54) is 5.56 Å². The summed E-state index contributed by atoms with van der Waals surface area (Å²) in [6, 6.07) is 10.3. The molecule has 126 valence electrons. The van der Waals surface area contributed by atoms with Gasteiger partial charge in [-0.1, -0.05) is 37.3 Å². The first-order valence-corrected chi connectivity index (χ1v) is 9.59. The molecule has 2 unspecified atom stereocenters. The molecule has 4 nitrogen and oxygen atoms in total. The summed E-state index contributed by atoms with van der Waals surface area (Å²) >= 11 is 1.71. The molecule has 4 rings (SSSR count). The molecular formula is C19H23N3OS. The van der Waals surface area contributed by atoms with Crippen molar-refractivity contribution < 1.29 is 4.79 Å². The number of hydrogen-bond donors (Lipinski definition) is 0. The molecule has 1 aromatic carbocycles. The number of thiazole rings is 1. The Kier molecular flexibility index (Phi) is 4.37. The topological polar surface area (TPSA) is 36.4 Å². The molecule has 1 aliphatic heterocycles. The van der Waals surface area contributed by atoms with Crippen LogP contribution in [0.25, 0.3) is 10.6 Å². The van der Waals surface area contributed by atoms with E-state index in [4.69, 9.17) is 4.98 Å². The number of hydrogen-bond acceptors (Lipinski definition) is 4. The predicted octanol–water partition coefficient (Wildman–Crippen LogP) is 3.11. The molecule has 0 spiro atoms. The first-order chi connectivity index (χ1) is 11.7. The fourth-order valence-corrected chi connectivity index (χ4v) is 4.17. The smallest absolute Gasteiger partial charge is 0.226 e. The van der Waals surface area contributed by atoms with Crippen LogP contribution >= 0.6 is 11.3 Å². The van der Waals surface area contributed by atoms with E-state index in [9.17, 15) is 4.79 Å². The second kappa shape index (κ2) is 6.65. The van der Waals surface area contributed by atoms with Crippen LogP contribution in [0.1, 0.15) is 19.0 Å². The van der Waals surface area contributed by atoms with E-state index in [0.717, 1.165) is 49.8 Å². The van der Waals surface area contributed by atoms with E-state index in [2.05, 4.69) is 34.2 Å². The minimum Gasteiger partial charge on any atom is -0.340 e. The predicted molar refractivity (Wildman–Crippen MR) is 96.7 cm³/mol. The van der Waals surface area contributed by atoms with Crippen LogP contribution in [0, 0.1) is 11.8 Å². The standard InChI is InChI=1S/C19H23N3OS/c1-14-11-17(14)19(23)22-9-7-21(8-10-22)12-16-13-24-18(20-16)15-5-3-2-4-6-15/h2-6,13-14,17H,7-12H2,1H3. The zero-order valence-corrected chi connectivity index (χ0v) is 14.8. The van der Waals surface area contributed by atoms with E-state index < -0.39 is 0 Å². The lowest BCUT2D eigenvalue weighted by molar-refractivity contribution is -0.134. The van der Waals surface area contributed by atoms with Crippen molar-refractivity contribution in [2.45, 2.75) is 19.9 Å². The van der Waals surface area contributed by atoms with Gasteiger partial charge in [0.1, 0.15) is 5.01 Å². The lowest BCUT2D eigenvalue weighted by atomic mass is 10.2. The quantitative estimate of drug-likeness (QED) is 0.857. The highest BCUT2D eigenvalue weighted by atomic mass is 32.1. The average Bonchev–Trinajstić information content (AvgIpc) is 3.17. The molecule has 0 radical (unpaired) electrons. The van der Waals surface area contributed by atoms with Crippen molar-refractivity contribution in [1.82, 2.24) is 14.8 Å². The number of carbonyl (C=O) groups excluding carboxylic acids is 1. The van der Waals surface area contributed by atoms with Gasteiger partial charge in [-0.05, 0) is 12.3 Å². The Morgan fingerprint density at radius 2 is 1.92 bits per heavy atom. The summed E-state index contributed by atoms with van der Waals surface area (Å²) in [6.45, 7) is 6.67. The minimum absolute atomic E-state index is 0.309. The summed E-state index contributed by atoms with van der Waals surface area (Å²) in [5.74, 6) is 1.28. The first-order valence-electron chi connectivity index (χ1n) is 8.71. The van der Waals surface area contributed by atoms with Gasteiger partial charge in [-0.15, -0.1) is 11.3 Å². The van der Waals surface area contributed by atoms with E-state index >= 15 is 0 Å². The van der Waals surface area contributed by atoms with E-state index in [1.54, 1.807) is 11.3 Å². The van der Waals surface area contributed by atoms with Crippen LogP contribution in [0.15, 0.2) is 35.7 Å². The van der Waals surface area contributed by atoms with Gasteiger partial charge in [0.2, 0.25) is 5.91 Å². The van der Waals surface area contributed by atoms with Crippen LogP contribution in [-0.2, 0) is 11.3 Å². The maximum Gasteiger partial charge on any atom is 0.226 e. The second-order valence-electron chi connectivity index (χ2n) is 6.93. The van der Waals surface area contributed by atoms with Gasteiger partial charge < -0.3 is 4.90 Å². The van der Waals surface area contributed by atoms with Crippen molar-refractivity contribution in [3.8, 4) is 10.6 Å². The Labute approximate surface area is 147 Å². The largest absolute Gasteiger partial charge is 0.340 e. The number of aromatic nitrogens is 1. The van der Waals surface area contributed by atoms with Crippen molar-refractivity contribution in [2.75, 3.05) is 26.2 Å². The fraction of sp³-hybridized carbons (Fsp3) is 0.474. The van der Waals surface area contributed by atoms with Gasteiger partial charge in [-0.2, -0.15) is 0 Å². The molecule has 1 amide bonds. The molecule has 2 aliphatic rings. The van der Waals surface area contributed by atoms with Crippen LogP contribution < -0.4 is 0 Å². The molecule has 2 atom stereocenters. The Hall–Kier alpha value is -1.72. The summed E-state index contributed by atoms with van der Waals surface area (Å²) in [4.78, 5) is 21.5. The molecule has 1 aromatic heterocycles. The van der Waals surface area contributed by atoms with Gasteiger partial charge in [0.25, 0.3) is 0 Å². The summed E-state index contributed by atoms with van der Waals surface area (Å²) in [5.41, 5.74) is 2.32. The third-order valence-corrected chi connectivity index (χ3v) is 6.01. The highest BCUT2D eigenvalue weighted by Gasteiger charge is 2.41. The van der Waals surface area contributed by atoms with Crippen LogP contribution in [0.3, 0.4) is 0 Å². The van der Waals surface area contributed by atoms with Crippen molar-refractivity contribution in [3.05, 3.63) is 41.4 Å². The van der Waals surface area contributed by atoms with Gasteiger partial charge >= 0.3 is 0 Å². The second-order valence-corrected chi connectivity index (χ2v) is 7.79. The van der Waals surface area contributed by atoms with Gasteiger partial charge in [-0.3, -0.25) is 9.69 Å². The molecule has 1 aliphatic carbocycles. The summed E-state index contributed by atoms with van der Waals surface area (Å²) in [6.07, 6.45) is 1.08. The van der Waals surface area contributed by atoms with Gasteiger partial charge in [-0.25, -0.2) is 4.98 Å². The summed E-state index contributed by atoms with van der Waals surface area (Å²) in [7, 11) is 0. The molecule has 1 saturated heterocycles. The fourth-order valence-electron chi connectivity index (χ4n) is 3.35. The SMILES string of the molecule is CC1CC1C(=O)N1CCN(Cc2csc(-c3ccccc3)n2)CC1. The maximum atomic E-state index is 12.3.